The summed E-state index contributed by atoms with van der Waals surface area (Å²) in [5.41, 5.74) is 1.45. The van der Waals surface area contributed by atoms with Crippen LogP contribution < -0.4 is 10.9 Å². The highest BCUT2D eigenvalue weighted by atomic mass is 16.5. The maximum atomic E-state index is 12.8. The molecule has 1 aliphatic rings. The van der Waals surface area contributed by atoms with Crippen LogP contribution in [0, 0.1) is 0 Å². The number of carbonyl (C=O) groups is 1. The van der Waals surface area contributed by atoms with Crippen molar-refractivity contribution in [2.24, 2.45) is 0 Å². The Morgan fingerprint density at radius 2 is 1.79 bits per heavy atom. The van der Waals surface area contributed by atoms with Gasteiger partial charge in [-0.2, -0.15) is 0 Å². The van der Waals surface area contributed by atoms with Crippen molar-refractivity contribution in [2.45, 2.75) is 12.6 Å². The summed E-state index contributed by atoms with van der Waals surface area (Å²) < 4.78 is 6.78. The van der Waals surface area contributed by atoms with E-state index >= 15 is 0 Å². The Labute approximate surface area is 168 Å². The molecule has 7 nitrogen and oxygen atoms in total. The highest BCUT2D eigenvalue weighted by Crippen LogP contribution is 2.15. The average Bonchev–Trinajstić information content (AvgIpc) is 2.77. The fourth-order valence-electron chi connectivity index (χ4n) is 3.58. The Hall–Kier alpha value is -3.03. The lowest BCUT2D eigenvalue weighted by Crippen LogP contribution is -2.44. The van der Waals surface area contributed by atoms with Crippen molar-refractivity contribution in [3.63, 3.8) is 0 Å². The second-order valence-corrected chi connectivity index (χ2v) is 7.14. The van der Waals surface area contributed by atoms with Gasteiger partial charge in [-0.3, -0.25) is 19.1 Å². The van der Waals surface area contributed by atoms with E-state index in [0.29, 0.717) is 30.7 Å². The molecule has 7 heteroatoms. The SMILES string of the molecule is O=C(Cn1cnc2ccccc2c1=O)NC(CN1CCOCC1)c1ccccc1. The average molecular weight is 392 g/mol. The minimum atomic E-state index is -0.216. The molecule has 2 heterocycles. The molecule has 0 radical (unpaired) electrons. The fourth-order valence-corrected chi connectivity index (χ4v) is 3.58. The van der Waals surface area contributed by atoms with Crippen molar-refractivity contribution in [3.05, 3.63) is 76.8 Å². The van der Waals surface area contributed by atoms with Gasteiger partial charge in [0.1, 0.15) is 6.54 Å². The van der Waals surface area contributed by atoms with E-state index in [-0.39, 0.29) is 24.1 Å². The Morgan fingerprint density at radius 1 is 1.07 bits per heavy atom. The van der Waals surface area contributed by atoms with Crippen molar-refractivity contribution < 1.29 is 9.53 Å². The van der Waals surface area contributed by atoms with Gasteiger partial charge in [-0.15, -0.1) is 0 Å². The van der Waals surface area contributed by atoms with Crippen LogP contribution >= 0.6 is 0 Å². The Morgan fingerprint density at radius 3 is 2.59 bits per heavy atom. The Bertz CT molecular complexity index is 1030. The lowest BCUT2D eigenvalue weighted by molar-refractivity contribution is -0.122. The molecule has 4 rings (SSSR count). The molecule has 1 fully saturated rings. The third-order valence-corrected chi connectivity index (χ3v) is 5.13. The zero-order valence-corrected chi connectivity index (χ0v) is 16.2. The first kappa shape index (κ1) is 19.3. The standard InChI is InChI=1S/C22H24N4O3/c27-21(15-26-16-23-19-9-5-4-8-18(19)22(26)28)24-20(17-6-2-1-3-7-17)14-25-10-12-29-13-11-25/h1-9,16,20H,10-15H2,(H,24,27). The molecule has 2 aromatic carbocycles. The molecule has 1 aromatic heterocycles. The van der Waals surface area contributed by atoms with Gasteiger partial charge in [-0.25, -0.2) is 4.98 Å². The molecule has 1 aliphatic heterocycles. The van der Waals surface area contributed by atoms with Gasteiger partial charge >= 0.3 is 0 Å². The summed E-state index contributed by atoms with van der Waals surface area (Å²) in [6.45, 7) is 3.72. The summed E-state index contributed by atoms with van der Waals surface area (Å²) in [7, 11) is 0. The zero-order valence-electron chi connectivity index (χ0n) is 16.2. The smallest absolute Gasteiger partial charge is 0.261 e. The first-order valence-electron chi connectivity index (χ1n) is 9.79. The predicted octanol–water partition coefficient (Wildman–Crippen LogP) is 1.59. The number of morpholine rings is 1. The van der Waals surface area contributed by atoms with Crippen LogP contribution in [0.25, 0.3) is 10.9 Å². The van der Waals surface area contributed by atoms with E-state index in [1.807, 2.05) is 36.4 Å². The molecule has 1 unspecified atom stereocenters. The normalized spacial score (nSPS) is 15.9. The molecular formula is C22H24N4O3. The largest absolute Gasteiger partial charge is 0.379 e. The van der Waals surface area contributed by atoms with E-state index in [0.717, 1.165) is 18.7 Å². The molecule has 150 valence electrons. The summed E-state index contributed by atoms with van der Waals surface area (Å²) >= 11 is 0. The van der Waals surface area contributed by atoms with Crippen LogP contribution in [0.15, 0.2) is 65.7 Å². The molecule has 0 spiro atoms. The monoisotopic (exact) mass is 392 g/mol. The van der Waals surface area contributed by atoms with Crippen molar-refractivity contribution in [2.75, 3.05) is 32.8 Å². The molecule has 0 saturated carbocycles. The number of ether oxygens (including phenoxy) is 1. The molecule has 1 amide bonds. The van der Waals surface area contributed by atoms with Crippen LogP contribution in [0.5, 0.6) is 0 Å². The molecule has 0 aliphatic carbocycles. The van der Waals surface area contributed by atoms with Gasteiger partial charge in [-0.1, -0.05) is 42.5 Å². The lowest BCUT2D eigenvalue weighted by Gasteiger charge is -2.31. The first-order valence-corrected chi connectivity index (χ1v) is 9.79. The van der Waals surface area contributed by atoms with E-state index < -0.39 is 0 Å². The third-order valence-electron chi connectivity index (χ3n) is 5.13. The van der Waals surface area contributed by atoms with E-state index in [1.54, 1.807) is 18.2 Å². The Kier molecular flexibility index (Phi) is 5.97. The number of nitrogens with zero attached hydrogens (tertiary/aromatic N) is 3. The number of para-hydroxylation sites is 1. The van der Waals surface area contributed by atoms with Crippen LogP contribution in [-0.4, -0.2) is 53.2 Å². The van der Waals surface area contributed by atoms with Crippen LogP contribution in [0.2, 0.25) is 0 Å². The maximum Gasteiger partial charge on any atom is 0.261 e. The number of nitrogens with one attached hydrogen (secondary N) is 1. The topological polar surface area (TPSA) is 76.5 Å². The van der Waals surface area contributed by atoms with E-state index in [9.17, 15) is 9.59 Å². The van der Waals surface area contributed by atoms with Crippen LogP contribution in [0.4, 0.5) is 0 Å². The molecular weight excluding hydrogens is 368 g/mol. The zero-order chi connectivity index (χ0) is 20.1. The molecule has 3 aromatic rings. The lowest BCUT2D eigenvalue weighted by atomic mass is 10.1. The quantitative estimate of drug-likeness (QED) is 0.689. The van der Waals surface area contributed by atoms with Gasteiger partial charge in [0, 0.05) is 19.6 Å². The van der Waals surface area contributed by atoms with E-state index in [4.69, 9.17) is 4.74 Å². The number of aromatic nitrogens is 2. The first-order chi connectivity index (χ1) is 14.2. The minimum Gasteiger partial charge on any atom is -0.379 e. The van der Waals surface area contributed by atoms with Crippen LogP contribution in [0.1, 0.15) is 11.6 Å². The van der Waals surface area contributed by atoms with Crippen molar-refractivity contribution >= 4 is 16.8 Å². The van der Waals surface area contributed by atoms with Crippen molar-refractivity contribution in [1.82, 2.24) is 19.8 Å². The molecule has 0 bridgehead atoms. The van der Waals surface area contributed by atoms with Gasteiger partial charge in [0.25, 0.3) is 5.56 Å². The highest BCUT2D eigenvalue weighted by molar-refractivity contribution is 5.79. The summed E-state index contributed by atoms with van der Waals surface area (Å²) in [6, 6.07) is 16.9. The highest BCUT2D eigenvalue weighted by Gasteiger charge is 2.20. The summed E-state index contributed by atoms with van der Waals surface area (Å²) in [5, 5.41) is 3.61. The summed E-state index contributed by atoms with van der Waals surface area (Å²) in [4.78, 5) is 32.0. The number of rotatable bonds is 6. The van der Waals surface area contributed by atoms with Crippen molar-refractivity contribution in [1.29, 1.82) is 0 Å². The predicted molar refractivity (Wildman–Crippen MR) is 111 cm³/mol. The fraction of sp³-hybridized carbons (Fsp3) is 0.318. The number of benzene rings is 2. The van der Waals surface area contributed by atoms with E-state index in [2.05, 4.69) is 15.2 Å². The number of carbonyl (C=O) groups excluding carboxylic acids is 1. The minimum absolute atomic E-state index is 0.0664. The second-order valence-electron chi connectivity index (χ2n) is 7.14. The van der Waals surface area contributed by atoms with Crippen LogP contribution in [0.3, 0.4) is 0 Å². The van der Waals surface area contributed by atoms with Crippen molar-refractivity contribution in [3.8, 4) is 0 Å². The van der Waals surface area contributed by atoms with Gasteiger partial charge in [0.2, 0.25) is 5.91 Å². The third kappa shape index (κ3) is 4.70. The number of hydrogen-bond acceptors (Lipinski definition) is 5. The van der Waals surface area contributed by atoms with Gasteiger partial charge in [-0.05, 0) is 17.7 Å². The maximum absolute atomic E-state index is 12.8. The van der Waals surface area contributed by atoms with Gasteiger partial charge in [0.05, 0.1) is 36.5 Å². The Balaban J connectivity index is 1.50. The molecule has 1 atom stereocenters. The number of fused-ring (bicyclic) bond motifs is 1. The van der Waals surface area contributed by atoms with Gasteiger partial charge in [0.15, 0.2) is 0 Å². The number of amides is 1. The summed E-state index contributed by atoms with van der Waals surface area (Å²) in [5.74, 6) is -0.216. The van der Waals surface area contributed by atoms with Crippen LogP contribution in [-0.2, 0) is 16.1 Å². The van der Waals surface area contributed by atoms with Gasteiger partial charge < -0.3 is 10.1 Å². The number of hydrogen-bond donors (Lipinski definition) is 1. The van der Waals surface area contributed by atoms with E-state index in [1.165, 1.54) is 10.9 Å². The second kappa shape index (κ2) is 8.98. The summed E-state index contributed by atoms with van der Waals surface area (Å²) in [6.07, 6.45) is 1.43. The molecule has 1 saturated heterocycles. The molecule has 1 N–H and O–H groups in total. The molecule has 29 heavy (non-hydrogen) atoms.